The van der Waals surface area contributed by atoms with E-state index in [0.717, 1.165) is 25.7 Å². The van der Waals surface area contributed by atoms with Gasteiger partial charge in [0.05, 0.1) is 19.5 Å². The van der Waals surface area contributed by atoms with Gasteiger partial charge in [0.1, 0.15) is 6.10 Å². The van der Waals surface area contributed by atoms with E-state index < -0.39 is 0 Å². The summed E-state index contributed by atoms with van der Waals surface area (Å²) in [6, 6.07) is 7.05. The van der Waals surface area contributed by atoms with E-state index in [1.165, 1.54) is 6.20 Å². The molecule has 1 N–H and O–H groups in total. The van der Waals surface area contributed by atoms with Crippen LogP contribution in [0, 0.1) is 0 Å². The predicted octanol–water partition coefficient (Wildman–Crippen LogP) is 3.26. The Morgan fingerprint density at radius 3 is 2.48 bits per heavy atom. The minimum absolute atomic E-state index is 0.0697. The summed E-state index contributed by atoms with van der Waals surface area (Å²) in [6.45, 7) is 0. The zero-order valence-corrected chi connectivity index (χ0v) is 14.7. The first-order chi connectivity index (χ1) is 12.1. The highest BCUT2D eigenvalue weighted by Crippen LogP contribution is 2.24. The van der Waals surface area contributed by atoms with E-state index in [1.54, 1.807) is 37.6 Å². The number of benzene rings is 1. The average Bonchev–Trinajstić information content (AvgIpc) is 2.64. The molecule has 0 radical (unpaired) electrons. The normalized spacial score (nSPS) is 19.9. The number of nitrogens with one attached hydrogen (secondary N) is 1. The molecule has 1 heterocycles. The predicted molar refractivity (Wildman–Crippen MR) is 94.2 cm³/mol. The van der Waals surface area contributed by atoms with Gasteiger partial charge in [-0.15, -0.1) is 0 Å². The standard InChI is InChI=1S/C18H20ClN3O3/c1-24-16-10-20-11-17(22-16)25-15-8-6-14(7-9-15)21-18(23)12-2-4-13(19)5-3-12/h2-5,10-11,14-15H,6-9H2,1H3,(H,21,23). The third-order valence-electron chi connectivity index (χ3n) is 4.20. The maximum Gasteiger partial charge on any atom is 0.251 e. The van der Waals surface area contributed by atoms with E-state index in [-0.39, 0.29) is 18.1 Å². The highest BCUT2D eigenvalue weighted by molar-refractivity contribution is 6.30. The number of aromatic nitrogens is 2. The Kier molecular flexibility index (Phi) is 5.71. The highest BCUT2D eigenvalue weighted by Gasteiger charge is 2.24. The smallest absolute Gasteiger partial charge is 0.251 e. The number of carbonyl (C=O) groups is 1. The minimum atomic E-state index is -0.0697. The van der Waals surface area contributed by atoms with Crippen LogP contribution >= 0.6 is 11.6 Å². The van der Waals surface area contributed by atoms with Gasteiger partial charge in [0, 0.05) is 16.6 Å². The van der Waals surface area contributed by atoms with Gasteiger partial charge in [0.15, 0.2) is 0 Å². The van der Waals surface area contributed by atoms with Crippen molar-refractivity contribution < 1.29 is 14.3 Å². The lowest BCUT2D eigenvalue weighted by Crippen LogP contribution is -2.39. The number of nitrogens with zero attached hydrogens (tertiary/aromatic N) is 2. The van der Waals surface area contributed by atoms with Gasteiger partial charge in [-0.25, -0.2) is 0 Å². The molecule has 2 aromatic rings. The lowest BCUT2D eigenvalue weighted by molar-refractivity contribution is 0.0889. The van der Waals surface area contributed by atoms with Crippen LogP contribution in [-0.2, 0) is 0 Å². The van der Waals surface area contributed by atoms with Gasteiger partial charge in [0.25, 0.3) is 5.91 Å². The van der Waals surface area contributed by atoms with Crippen LogP contribution in [0.1, 0.15) is 36.0 Å². The molecule has 1 aromatic carbocycles. The van der Waals surface area contributed by atoms with Gasteiger partial charge in [-0.3, -0.25) is 9.78 Å². The molecule has 132 valence electrons. The quantitative estimate of drug-likeness (QED) is 0.884. The molecule has 1 saturated carbocycles. The van der Waals surface area contributed by atoms with Crippen LogP contribution in [0.4, 0.5) is 0 Å². The molecular weight excluding hydrogens is 342 g/mol. The Labute approximate surface area is 151 Å². The number of hydrogen-bond acceptors (Lipinski definition) is 5. The third kappa shape index (κ3) is 4.82. The molecule has 1 aliphatic rings. The summed E-state index contributed by atoms with van der Waals surface area (Å²) in [5.74, 6) is 0.828. The van der Waals surface area contributed by atoms with Gasteiger partial charge in [-0.05, 0) is 49.9 Å². The Hall–Kier alpha value is -2.34. The van der Waals surface area contributed by atoms with Crippen LogP contribution in [-0.4, -0.2) is 35.1 Å². The fraction of sp³-hybridized carbons (Fsp3) is 0.389. The zero-order chi connectivity index (χ0) is 17.6. The summed E-state index contributed by atoms with van der Waals surface area (Å²) < 4.78 is 10.9. The van der Waals surface area contributed by atoms with E-state index in [9.17, 15) is 4.79 Å². The topological polar surface area (TPSA) is 73.3 Å². The number of amides is 1. The van der Waals surface area contributed by atoms with Crippen LogP contribution in [0.3, 0.4) is 0 Å². The van der Waals surface area contributed by atoms with Gasteiger partial charge in [-0.1, -0.05) is 11.6 Å². The molecule has 0 bridgehead atoms. The van der Waals surface area contributed by atoms with Crippen LogP contribution in [0.5, 0.6) is 11.8 Å². The average molecular weight is 362 g/mol. The molecule has 0 aliphatic heterocycles. The van der Waals surface area contributed by atoms with Crippen molar-refractivity contribution in [2.75, 3.05) is 7.11 Å². The number of carbonyl (C=O) groups excluding carboxylic acids is 1. The molecule has 1 aromatic heterocycles. The summed E-state index contributed by atoms with van der Waals surface area (Å²) in [5, 5.41) is 3.69. The number of halogens is 1. The first-order valence-corrected chi connectivity index (χ1v) is 8.61. The van der Waals surface area contributed by atoms with Crippen molar-refractivity contribution in [3.05, 3.63) is 47.2 Å². The molecule has 7 heteroatoms. The zero-order valence-electron chi connectivity index (χ0n) is 13.9. The van der Waals surface area contributed by atoms with Gasteiger partial charge >= 0.3 is 0 Å². The SMILES string of the molecule is COc1cncc(OC2CCC(NC(=O)c3ccc(Cl)cc3)CC2)n1. The molecular formula is C18H20ClN3O3. The number of methoxy groups -OCH3 is 1. The van der Waals surface area contributed by atoms with Crippen LogP contribution in [0.2, 0.25) is 5.02 Å². The Morgan fingerprint density at radius 1 is 1.12 bits per heavy atom. The second-order valence-electron chi connectivity index (χ2n) is 5.97. The fourth-order valence-electron chi connectivity index (χ4n) is 2.85. The molecule has 0 spiro atoms. The Balaban J connectivity index is 1.48. The van der Waals surface area contributed by atoms with Crippen LogP contribution < -0.4 is 14.8 Å². The minimum Gasteiger partial charge on any atom is -0.480 e. The fourth-order valence-corrected chi connectivity index (χ4v) is 2.98. The number of rotatable bonds is 5. The van der Waals surface area contributed by atoms with Crippen molar-refractivity contribution in [1.82, 2.24) is 15.3 Å². The van der Waals surface area contributed by atoms with Crippen molar-refractivity contribution in [2.45, 2.75) is 37.8 Å². The van der Waals surface area contributed by atoms with Crippen LogP contribution in [0.25, 0.3) is 0 Å². The van der Waals surface area contributed by atoms with Crippen molar-refractivity contribution in [1.29, 1.82) is 0 Å². The number of ether oxygens (including phenoxy) is 2. The molecule has 0 unspecified atom stereocenters. The molecule has 0 saturated heterocycles. The molecule has 1 amide bonds. The lowest BCUT2D eigenvalue weighted by atomic mass is 9.92. The monoisotopic (exact) mass is 361 g/mol. The van der Waals surface area contributed by atoms with E-state index in [0.29, 0.717) is 22.3 Å². The van der Waals surface area contributed by atoms with Crippen molar-refractivity contribution in [3.63, 3.8) is 0 Å². The number of hydrogen-bond donors (Lipinski definition) is 1. The summed E-state index contributed by atoms with van der Waals surface area (Å²) in [7, 11) is 1.54. The highest BCUT2D eigenvalue weighted by atomic mass is 35.5. The summed E-state index contributed by atoms with van der Waals surface area (Å²) >= 11 is 5.85. The second-order valence-corrected chi connectivity index (χ2v) is 6.41. The molecule has 0 atom stereocenters. The molecule has 25 heavy (non-hydrogen) atoms. The summed E-state index contributed by atoms with van der Waals surface area (Å²) in [6.07, 6.45) is 6.62. The molecule has 1 fully saturated rings. The molecule has 3 rings (SSSR count). The third-order valence-corrected chi connectivity index (χ3v) is 4.45. The van der Waals surface area contributed by atoms with Crippen molar-refractivity contribution >= 4 is 17.5 Å². The lowest BCUT2D eigenvalue weighted by Gasteiger charge is -2.29. The van der Waals surface area contributed by atoms with Crippen LogP contribution in [0.15, 0.2) is 36.7 Å². The van der Waals surface area contributed by atoms with E-state index in [4.69, 9.17) is 21.1 Å². The van der Waals surface area contributed by atoms with Gasteiger partial charge in [-0.2, -0.15) is 4.98 Å². The maximum absolute atomic E-state index is 12.2. The second kappa shape index (κ2) is 8.16. The first kappa shape index (κ1) is 17.5. The largest absolute Gasteiger partial charge is 0.480 e. The van der Waals surface area contributed by atoms with E-state index in [1.807, 2.05) is 0 Å². The molecule has 1 aliphatic carbocycles. The van der Waals surface area contributed by atoms with Gasteiger partial charge < -0.3 is 14.8 Å². The van der Waals surface area contributed by atoms with Crippen molar-refractivity contribution in [2.24, 2.45) is 0 Å². The van der Waals surface area contributed by atoms with E-state index >= 15 is 0 Å². The summed E-state index contributed by atoms with van der Waals surface area (Å²) in [4.78, 5) is 20.5. The van der Waals surface area contributed by atoms with Crippen molar-refractivity contribution in [3.8, 4) is 11.8 Å². The maximum atomic E-state index is 12.2. The Morgan fingerprint density at radius 2 is 1.80 bits per heavy atom. The first-order valence-electron chi connectivity index (χ1n) is 8.23. The summed E-state index contributed by atoms with van der Waals surface area (Å²) in [5.41, 5.74) is 0.620. The molecule has 6 nitrogen and oxygen atoms in total. The van der Waals surface area contributed by atoms with Gasteiger partial charge in [0.2, 0.25) is 11.8 Å². The van der Waals surface area contributed by atoms with E-state index in [2.05, 4.69) is 15.3 Å². The Bertz CT molecular complexity index is 716.